The summed E-state index contributed by atoms with van der Waals surface area (Å²) in [5.41, 5.74) is 8.12. The molecule has 0 aliphatic carbocycles. The highest BCUT2D eigenvalue weighted by Gasteiger charge is 2.24. The molecular formula is C24H39N5O. The molecule has 1 aromatic rings. The Hall–Kier alpha value is -2.08. The first kappa shape index (κ1) is 22.6. The second kappa shape index (κ2) is 11.3. The minimum absolute atomic E-state index is 0.204. The van der Waals surface area contributed by atoms with E-state index in [-0.39, 0.29) is 5.91 Å². The predicted octanol–water partition coefficient (Wildman–Crippen LogP) is 3.11. The number of amides is 1. The quantitative estimate of drug-likeness (QED) is 0.532. The van der Waals surface area contributed by atoms with Crippen molar-refractivity contribution in [2.75, 3.05) is 26.2 Å². The molecule has 0 bridgehead atoms. The molecule has 2 fully saturated rings. The molecule has 0 saturated carbocycles. The maximum absolute atomic E-state index is 11.4. The molecule has 0 spiro atoms. The van der Waals surface area contributed by atoms with Gasteiger partial charge >= 0.3 is 0 Å². The number of piperidine rings is 2. The Balaban J connectivity index is 1.69. The van der Waals surface area contributed by atoms with Crippen LogP contribution in [0, 0.1) is 5.92 Å². The van der Waals surface area contributed by atoms with Crippen LogP contribution in [-0.2, 0) is 17.9 Å². The lowest BCUT2D eigenvalue weighted by Crippen LogP contribution is -2.47. The summed E-state index contributed by atoms with van der Waals surface area (Å²) in [6, 6.07) is 9.38. The Morgan fingerprint density at radius 2 is 1.97 bits per heavy atom. The highest BCUT2D eigenvalue weighted by Crippen LogP contribution is 2.22. The van der Waals surface area contributed by atoms with Gasteiger partial charge in [-0.05, 0) is 63.1 Å². The highest BCUT2D eigenvalue weighted by atomic mass is 16.1. The third-order valence-corrected chi connectivity index (χ3v) is 6.47. The first-order chi connectivity index (χ1) is 14.6. The number of primary amides is 1. The molecule has 3 N–H and O–H groups in total. The number of hydrogen-bond acceptors (Lipinski definition) is 3. The number of carbonyl (C=O) groups is 1. The molecule has 1 amide bonds. The van der Waals surface area contributed by atoms with Crippen molar-refractivity contribution in [3.63, 3.8) is 0 Å². The molecule has 2 heterocycles. The van der Waals surface area contributed by atoms with E-state index in [2.05, 4.69) is 53.2 Å². The lowest BCUT2D eigenvalue weighted by Gasteiger charge is -2.35. The summed E-state index contributed by atoms with van der Waals surface area (Å²) in [6.45, 7) is 9.99. The van der Waals surface area contributed by atoms with E-state index in [1.165, 1.54) is 36.9 Å². The largest absolute Gasteiger partial charge is 0.370 e. The number of nitrogens with two attached hydrogens (primary N) is 1. The topological polar surface area (TPSA) is 74.0 Å². The SMILES string of the molecule is CCNC(=NCc1ccccc1CN1CCCCC1C)N1CCCC(CC(N)=O)C1. The Kier molecular flexibility index (Phi) is 8.55. The van der Waals surface area contributed by atoms with Crippen molar-refractivity contribution in [1.82, 2.24) is 15.1 Å². The van der Waals surface area contributed by atoms with Crippen LogP contribution in [0.1, 0.15) is 63.5 Å². The smallest absolute Gasteiger partial charge is 0.217 e. The number of nitrogens with one attached hydrogen (secondary N) is 1. The lowest BCUT2D eigenvalue weighted by atomic mass is 9.95. The van der Waals surface area contributed by atoms with Gasteiger partial charge in [-0.25, -0.2) is 4.99 Å². The van der Waals surface area contributed by atoms with Gasteiger partial charge in [-0.3, -0.25) is 9.69 Å². The van der Waals surface area contributed by atoms with Crippen molar-refractivity contribution in [3.05, 3.63) is 35.4 Å². The van der Waals surface area contributed by atoms with Crippen molar-refractivity contribution < 1.29 is 4.79 Å². The zero-order valence-corrected chi connectivity index (χ0v) is 18.8. The van der Waals surface area contributed by atoms with E-state index < -0.39 is 0 Å². The number of carbonyl (C=O) groups excluding carboxylic acids is 1. The Morgan fingerprint density at radius 3 is 2.70 bits per heavy atom. The summed E-state index contributed by atoms with van der Waals surface area (Å²) in [7, 11) is 0. The predicted molar refractivity (Wildman–Crippen MR) is 123 cm³/mol. The molecule has 166 valence electrons. The number of benzene rings is 1. The molecule has 6 heteroatoms. The average Bonchev–Trinajstić information content (AvgIpc) is 2.73. The van der Waals surface area contributed by atoms with Gasteiger partial charge in [0.05, 0.1) is 6.54 Å². The van der Waals surface area contributed by atoms with Crippen LogP contribution in [0.5, 0.6) is 0 Å². The number of hydrogen-bond donors (Lipinski definition) is 2. The van der Waals surface area contributed by atoms with Crippen LogP contribution in [0.15, 0.2) is 29.3 Å². The first-order valence-corrected chi connectivity index (χ1v) is 11.7. The minimum atomic E-state index is -0.204. The van der Waals surface area contributed by atoms with Gasteiger partial charge in [-0.1, -0.05) is 30.7 Å². The number of guanidine groups is 1. The molecule has 2 unspecified atom stereocenters. The number of likely N-dealkylation sites (tertiary alicyclic amines) is 2. The molecule has 2 atom stereocenters. The molecular weight excluding hydrogens is 374 g/mol. The summed E-state index contributed by atoms with van der Waals surface area (Å²) in [5, 5.41) is 3.45. The van der Waals surface area contributed by atoms with Gasteiger partial charge in [0.15, 0.2) is 5.96 Å². The highest BCUT2D eigenvalue weighted by molar-refractivity contribution is 5.80. The van der Waals surface area contributed by atoms with Crippen LogP contribution >= 0.6 is 0 Å². The van der Waals surface area contributed by atoms with Gasteiger partial charge in [0, 0.05) is 38.6 Å². The number of aliphatic imine (C=N–C) groups is 1. The fourth-order valence-corrected chi connectivity index (χ4v) is 4.77. The molecule has 30 heavy (non-hydrogen) atoms. The Labute approximate surface area is 181 Å². The van der Waals surface area contributed by atoms with Crippen molar-refractivity contribution >= 4 is 11.9 Å². The van der Waals surface area contributed by atoms with E-state index in [1.54, 1.807) is 0 Å². The molecule has 1 aromatic carbocycles. The van der Waals surface area contributed by atoms with Crippen LogP contribution in [0.4, 0.5) is 0 Å². The van der Waals surface area contributed by atoms with Crippen LogP contribution in [-0.4, -0.2) is 53.9 Å². The van der Waals surface area contributed by atoms with Crippen molar-refractivity contribution in [2.45, 2.75) is 71.5 Å². The molecule has 2 aliphatic heterocycles. The van der Waals surface area contributed by atoms with Crippen LogP contribution in [0.2, 0.25) is 0 Å². The Morgan fingerprint density at radius 1 is 1.17 bits per heavy atom. The van der Waals surface area contributed by atoms with Crippen molar-refractivity contribution in [2.24, 2.45) is 16.6 Å². The van der Waals surface area contributed by atoms with Crippen LogP contribution < -0.4 is 11.1 Å². The lowest BCUT2D eigenvalue weighted by molar-refractivity contribution is -0.119. The van der Waals surface area contributed by atoms with E-state index >= 15 is 0 Å². The molecule has 6 nitrogen and oxygen atoms in total. The third kappa shape index (κ3) is 6.46. The molecule has 2 aliphatic rings. The van der Waals surface area contributed by atoms with Crippen LogP contribution in [0.3, 0.4) is 0 Å². The second-order valence-corrected chi connectivity index (χ2v) is 8.88. The van der Waals surface area contributed by atoms with Gasteiger partial charge in [-0.2, -0.15) is 0 Å². The summed E-state index contributed by atoms with van der Waals surface area (Å²) in [4.78, 5) is 21.3. The van der Waals surface area contributed by atoms with Crippen molar-refractivity contribution in [3.8, 4) is 0 Å². The standard InChI is InChI=1S/C24H39N5O/c1-3-26-24(29-14-8-10-20(17-29)15-23(25)30)27-16-21-11-4-5-12-22(21)18-28-13-7-6-9-19(28)2/h4-5,11-12,19-20H,3,6-10,13-18H2,1-2H3,(H2,25,30)(H,26,27). The van der Waals surface area contributed by atoms with Crippen LogP contribution in [0.25, 0.3) is 0 Å². The average molecular weight is 414 g/mol. The number of nitrogens with zero attached hydrogens (tertiary/aromatic N) is 3. The summed E-state index contributed by atoms with van der Waals surface area (Å²) in [6.07, 6.45) is 6.56. The fraction of sp³-hybridized carbons (Fsp3) is 0.667. The maximum Gasteiger partial charge on any atom is 0.217 e. The second-order valence-electron chi connectivity index (χ2n) is 8.88. The van der Waals surface area contributed by atoms with Gasteiger partial charge in [0.2, 0.25) is 5.91 Å². The monoisotopic (exact) mass is 413 g/mol. The zero-order valence-electron chi connectivity index (χ0n) is 18.8. The molecule has 2 saturated heterocycles. The molecule has 0 aromatic heterocycles. The van der Waals surface area contributed by atoms with E-state index in [0.717, 1.165) is 45.0 Å². The van der Waals surface area contributed by atoms with E-state index in [0.29, 0.717) is 24.9 Å². The first-order valence-electron chi connectivity index (χ1n) is 11.7. The fourth-order valence-electron chi connectivity index (χ4n) is 4.77. The van der Waals surface area contributed by atoms with Gasteiger partial charge in [0.1, 0.15) is 0 Å². The maximum atomic E-state index is 11.4. The summed E-state index contributed by atoms with van der Waals surface area (Å²) in [5.74, 6) is 1.07. The minimum Gasteiger partial charge on any atom is -0.370 e. The Bertz CT molecular complexity index is 719. The normalized spacial score (nSPS) is 23.4. The third-order valence-electron chi connectivity index (χ3n) is 6.47. The molecule has 3 rings (SSSR count). The zero-order chi connectivity index (χ0) is 21.3. The van der Waals surface area contributed by atoms with E-state index in [4.69, 9.17) is 10.7 Å². The van der Waals surface area contributed by atoms with Gasteiger partial charge < -0.3 is 16.0 Å². The van der Waals surface area contributed by atoms with Crippen molar-refractivity contribution in [1.29, 1.82) is 0 Å². The number of rotatable bonds is 7. The summed E-state index contributed by atoms with van der Waals surface area (Å²) < 4.78 is 0. The van der Waals surface area contributed by atoms with Gasteiger partial charge in [0.25, 0.3) is 0 Å². The van der Waals surface area contributed by atoms with Gasteiger partial charge in [-0.15, -0.1) is 0 Å². The molecule has 0 radical (unpaired) electrons. The van der Waals surface area contributed by atoms with E-state index in [1.807, 2.05) is 0 Å². The van der Waals surface area contributed by atoms with E-state index in [9.17, 15) is 4.79 Å². The summed E-state index contributed by atoms with van der Waals surface area (Å²) >= 11 is 0.